The summed E-state index contributed by atoms with van der Waals surface area (Å²) in [6, 6.07) is 8.62. The third-order valence-corrected chi connectivity index (χ3v) is 3.87. The maximum absolute atomic E-state index is 6.14. The molecule has 96 valence electrons. The Morgan fingerprint density at radius 3 is 2.61 bits per heavy atom. The third-order valence-electron chi connectivity index (χ3n) is 3.01. The molecule has 18 heavy (non-hydrogen) atoms. The topological polar surface area (TPSA) is 42.1 Å². The fourth-order valence-corrected chi connectivity index (χ4v) is 3.03. The van der Waals surface area contributed by atoms with E-state index >= 15 is 0 Å². The SMILES string of the molecule is CC(N)C(c1ccncc1)N(C)Cc1cccs1. The smallest absolute Gasteiger partial charge is 0.0498 e. The van der Waals surface area contributed by atoms with E-state index in [9.17, 15) is 0 Å². The Morgan fingerprint density at radius 2 is 2.06 bits per heavy atom. The Labute approximate surface area is 112 Å². The zero-order valence-corrected chi connectivity index (χ0v) is 11.6. The number of pyridine rings is 1. The van der Waals surface area contributed by atoms with E-state index in [4.69, 9.17) is 5.73 Å². The molecule has 0 spiro atoms. The first kappa shape index (κ1) is 13.2. The first-order valence-corrected chi connectivity index (χ1v) is 6.94. The number of likely N-dealkylation sites (N-methyl/N-ethyl adjacent to an activating group) is 1. The van der Waals surface area contributed by atoms with Gasteiger partial charge in [0.05, 0.1) is 0 Å². The van der Waals surface area contributed by atoms with Crippen molar-refractivity contribution in [1.29, 1.82) is 0 Å². The molecule has 4 heteroatoms. The second-order valence-corrected chi connectivity index (χ2v) is 5.61. The van der Waals surface area contributed by atoms with Gasteiger partial charge >= 0.3 is 0 Å². The van der Waals surface area contributed by atoms with Crippen LogP contribution in [-0.2, 0) is 6.54 Å². The first-order valence-electron chi connectivity index (χ1n) is 6.06. The molecule has 0 fully saturated rings. The highest BCUT2D eigenvalue weighted by Gasteiger charge is 2.21. The lowest BCUT2D eigenvalue weighted by Gasteiger charge is -2.31. The highest BCUT2D eigenvalue weighted by Crippen LogP contribution is 2.24. The summed E-state index contributed by atoms with van der Waals surface area (Å²) in [6.45, 7) is 2.97. The van der Waals surface area contributed by atoms with Crippen LogP contribution in [0.5, 0.6) is 0 Å². The molecule has 0 radical (unpaired) electrons. The third kappa shape index (κ3) is 3.16. The molecule has 0 aliphatic carbocycles. The molecule has 2 N–H and O–H groups in total. The zero-order valence-electron chi connectivity index (χ0n) is 10.8. The Hall–Kier alpha value is -1.23. The lowest BCUT2D eigenvalue weighted by molar-refractivity contribution is 0.212. The molecule has 2 rings (SSSR count). The van der Waals surface area contributed by atoms with Crippen molar-refractivity contribution in [2.45, 2.75) is 25.6 Å². The second kappa shape index (κ2) is 6.09. The largest absolute Gasteiger partial charge is 0.326 e. The summed E-state index contributed by atoms with van der Waals surface area (Å²) in [5.74, 6) is 0. The Morgan fingerprint density at radius 1 is 1.33 bits per heavy atom. The van der Waals surface area contributed by atoms with Crippen molar-refractivity contribution >= 4 is 11.3 Å². The van der Waals surface area contributed by atoms with Crippen LogP contribution < -0.4 is 5.73 Å². The van der Waals surface area contributed by atoms with Crippen LogP contribution >= 0.6 is 11.3 Å². The summed E-state index contributed by atoms with van der Waals surface area (Å²) >= 11 is 1.78. The van der Waals surface area contributed by atoms with Crippen LogP contribution in [0.25, 0.3) is 0 Å². The number of nitrogens with zero attached hydrogens (tertiary/aromatic N) is 2. The maximum atomic E-state index is 6.14. The van der Waals surface area contributed by atoms with Crippen molar-refractivity contribution in [3.63, 3.8) is 0 Å². The van der Waals surface area contributed by atoms with Crippen LogP contribution in [0, 0.1) is 0 Å². The highest BCUT2D eigenvalue weighted by molar-refractivity contribution is 7.09. The normalized spacial score (nSPS) is 14.7. The van der Waals surface area contributed by atoms with E-state index in [-0.39, 0.29) is 12.1 Å². The van der Waals surface area contributed by atoms with E-state index in [1.165, 1.54) is 10.4 Å². The number of thiophene rings is 1. The zero-order chi connectivity index (χ0) is 13.0. The van der Waals surface area contributed by atoms with Crippen LogP contribution in [0.2, 0.25) is 0 Å². The van der Waals surface area contributed by atoms with Crippen LogP contribution in [0.3, 0.4) is 0 Å². The quantitative estimate of drug-likeness (QED) is 0.899. The highest BCUT2D eigenvalue weighted by atomic mass is 32.1. The van der Waals surface area contributed by atoms with E-state index < -0.39 is 0 Å². The van der Waals surface area contributed by atoms with Crippen molar-refractivity contribution in [3.8, 4) is 0 Å². The van der Waals surface area contributed by atoms with E-state index in [0.29, 0.717) is 0 Å². The van der Waals surface area contributed by atoms with Gasteiger partial charge in [-0.25, -0.2) is 0 Å². The molecule has 2 heterocycles. The molecule has 0 aliphatic heterocycles. The van der Waals surface area contributed by atoms with Crippen molar-refractivity contribution < 1.29 is 0 Å². The van der Waals surface area contributed by atoms with E-state index in [1.807, 2.05) is 24.5 Å². The van der Waals surface area contributed by atoms with E-state index in [0.717, 1.165) is 6.54 Å². The van der Waals surface area contributed by atoms with Gasteiger partial charge < -0.3 is 5.73 Å². The Balaban J connectivity index is 2.15. The molecule has 0 saturated carbocycles. The van der Waals surface area contributed by atoms with Crippen LogP contribution in [0.4, 0.5) is 0 Å². The molecule has 2 aromatic heterocycles. The summed E-state index contributed by atoms with van der Waals surface area (Å²) in [5, 5.41) is 2.11. The van der Waals surface area contributed by atoms with Gasteiger partial charge in [-0.15, -0.1) is 11.3 Å². The number of hydrogen-bond acceptors (Lipinski definition) is 4. The van der Waals surface area contributed by atoms with Crippen LogP contribution in [0.1, 0.15) is 23.4 Å². The van der Waals surface area contributed by atoms with Gasteiger partial charge in [-0.2, -0.15) is 0 Å². The van der Waals surface area contributed by atoms with Crippen molar-refractivity contribution in [1.82, 2.24) is 9.88 Å². The Kier molecular flexibility index (Phi) is 4.47. The minimum atomic E-state index is 0.0809. The van der Waals surface area contributed by atoms with Gasteiger partial charge in [0.25, 0.3) is 0 Å². The van der Waals surface area contributed by atoms with Gasteiger partial charge in [0.1, 0.15) is 0 Å². The average molecular weight is 261 g/mol. The predicted octanol–water partition coefficient (Wildman–Crippen LogP) is 2.66. The molecule has 2 atom stereocenters. The monoisotopic (exact) mass is 261 g/mol. The van der Waals surface area contributed by atoms with Crippen molar-refractivity contribution in [2.75, 3.05) is 7.05 Å². The van der Waals surface area contributed by atoms with Gasteiger partial charge in [0, 0.05) is 35.9 Å². The molecular formula is C14H19N3S. The fourth-order valence-electron chi connectivity index (χ4n) is 2.27. The fraction of sp³-hybridized carbons (Fsp3) is 0.357. The number of aromatic nitrogens is 1. The summed E-state index contributed by atoms with van der Waals surface area (Å²) in [7, 11) is 2.12. The van der Waals surface area contributed by atoms with Crippen LogP contribution in [-0.4, -0.2) is 23.0 Å². The van der Waals surface area contributed by atoms with E-state index in [1.54, 1.807) is 11.3 Å². The van der Waals surface area contributed by atoms with Gasteiger partial charge in [-0.1, -0.05) is 6.07 Å². The number of hydrogen-bond donors (Lipinski definition) is 1. The summed E-state index contributed by atoms with van der Waals surface area (Å²) in [5.41, 5.74) is 7.36. The predicted molar refractivity (Wildman–Crippen MR) is 76.4 cm³/mol. The summed E-state index contributed by atoms with van der Waals surface area (Å²) in [4.78, 5) is 7.72. The molecule has 0 aliphatic rings. The lowest BCUT2D eigenvalue weighted by atomic mass is 10.0. The molecule has 3 nitrogen and oxygen atoms in total. The molecule has 0 amide bonds. The van der Waals surface area contributed by atoms with Crippen molar-refractivity contribution in [2.24, 2.45) is 5.73 Å². The molecule has 2 aromatic rings. The molecule has 0 saturated heterocycles. The molecular weight excluding hydrogens is 242 g/mol. The molecule has 0 bridgehead atoms. The minimum Gasteiger partial charge on any atom is -0.326 e. The number of nitrogens with two attached hydrogens (primary N) is 1. The second-order valence-electron chi connectivity index (χ2n) is 4.58. The lowest BCUT2D eigenvalue weighted by Crippen LogP contribution is -2.36. The van der Waals surface area contributed by atoms with Gasteiger partial charge in [-0.05, 0) is 43.1 Å². The molecule has 0 aromatic carbocycles. The maximum Gasteiger partial charge on any atom is 0.0498 e. The average Bonchev–Trinajstić information content (AvgIpc) is 2.83. The standard InChI is InChI=1S/C14H19N3S/c1-11(15)14(12-5-7-16-8-6-12)17(2)10-13-4-3-9-18-13/h3-9,11,14H,10,15H2,1-2H3. The minimum absolute atomic E-state index is 0.0809. The first-order chi connectivity index (χ1) is 8.68. The van der Waals surface area contributed by atoms with Gasteiger partial charge in [0.2, 0.25) is 0 Å². The van der Waals surface area contributed by atoms with Gasteiger partial charge in [0.15, 0.2) is 0 Å². The summed E-state index contributed by atoms with van der Waals surface area (Å²) < 4.78 is 0. The molecule has 2 unspecified atom stereocenters. The summed E-state index contributed by atoms with van der Waals surface area (Å²) in [6.07, 6.45) is 3.65. The van der Waals surface area contributed by atoms with E-state index in [2.05, 4.69) is 41.4 Å². The van der Waals surface area contributed by atoms with Crippen LogP contribution in [0.15, 0.2) is 42.0 Å². The number of rotatable bonds is 5. The Bertz CT molecular complexity index is 453. The van der Waals surface area contributed by atoms with Crippen molar-refractivity contribution in [3.05, 3.63) is 52.5 Å². The van der Waals surface area contributed by atoms with Gasteiger partial charge in [-0.3, -0.25) is 9.88 Å².